The van der Waals surface area contributed by atoms with Gasteiger partial charge in [0.1, 0.15) is 5.75 Å². The molecule has 0 spiro atoms. The fourth-order valence-electron chi connectivity index (χ4n) is 2.55. The molecule has 0 bridgehead atoms. The summed E-state index contributed by atoms with van der Waals surface area (Å²) in [4.78, 5) is 24.5. The number of halogens is 2. The van der Waals surface area contributed by atoms with Crippen LogP contribution in [-0.2, 0) is 14.8 Å². The molecule has 0 aromatic heterocycles. The molecule has 8 nitrogen and oxygen atoms in total. The molecule has 170 valence electrons. The largest absolute Gasteiger partial charge is 0.422 e. The summed E-state index contributed by atoms with van der Waals surface area (Å²) in [5.74, 6) is -1.15. The minimum absolute atomic E-state index is 0.0421. The Balaban J connectivity index is 1.64. The number of rotatable bonds is 8. The van der Waals surface area contributed by atoms with Gasteiger partial charge in [0.2, 0.25) is 10.0 Å². The van der Waals surface area contributed by atoms with Crippen LogP contribution in [-0.4, -0.2) is 33.1 Å². The SMILES string of the molecule is O=C(CNS(=O)(=O)c1ccccc1)NN=Cc1cc(Br)ccc1OC(=O)c1ccccc1Cl. The maximum Gasteiger partial charge on any atom is 0.345 e. The summed E-state index contributed by atoms with van der Waals surface area (Å²) in [6, 6.07) is 19.0. The van der Waals surface area contributed by atoms with Crippen LogP contribution in [0.1, 0.15) is 15.9 Å². The predicted octanol–water partition coefficient (Wildman–Crippen LogP) is 3.75. The number of amides is 1. The van der Waals surface area contributed by atoms with E-state index >= 15 is 0 Å². The van der Waals surface area contributed by atoms with Gasteiger partial charge < -0.3 is 4.74 Å². The highest BCUT2D eigenvalue weighted by atomic mass is 79.9. The molecule has 0 unspecified atom stereocenters. The molecule has 0 saturated heterocycles. The highest BCUT2D eigenvalue weighted by Crippen LogP contribution is 2.24. The molecular weight excluding hydrogens is 534 g/mol. The molecule has 0 fully saturated rings. The first kappa shape index (κ1) is 24.6. The van der Waals surface area contributed by atoms with E-state index in [1.165, 1.54) is 24.4 Å². The van der Waals surface area contributed by atoms with Gasteiger partial charge in [0.05, 0.1) is 28.2 Å². The van der Waals surface area contributed by atoms with Crippen molar-refractivity contribution in [2.45, 2.75) is 4.90 Å². The molecule has 0 saturated carbocycles. The number of carbonyl (C=O) groups is 2. The van der Waals surface area contributed by atoms with Gasteiger partial charge in [0.15, 0.2) is 0 Å². The van der Waals surface area contributed by atoms with Crippen LogP contribution in [0.15, 0.2) is 87.3 Å². The maximum atomic E-state index is 12.5. The first-order valence-corrected chi connectivity index (χ1v) is 12.0. The molecule has 0 radical (unpaired) electrons. The van der Waals surface area contributed by atoms with Crippen molar-refractivity contribution in [3.8, 4) is 5.75 Å². The molecule has 0 atom stereocenters. The summed E-state index contributed by atoms with van der Waals surface area (Å²) in [6.45, 7) is -0.512. The third-order valence-electron chi connectivity index (χ3n) is 4.14. The molecule has 0 aliphatic carbocycles. The average molecular weight is 551 g/mol. The summed E-state index contributed by atoms with van der Waals surface area (Å²) in [6.07, 6.45) is 1.27. The first-order chi connectivity index (χ1) is 15.8. The Labute approximate surface area is 203 Å². The van der Waals surface area contributed by atoms with Gasteiger partial charge in [-0.2, -0.15) is 5.10 Å². The minimum atomic E-state index is -3.83. The fourth-order valence-corrected chi connectivity index (χ4v) is 4.15. The Kier molecular flexibility index (Phi) is 8.34. The van der Waals surface area contributed by atoms with E-state index < -0.39 is 28.4 Å². The van der Waals surface area contributed by atoms with Crippen LogP contribution >= 0.6 is 27.5 Å². The molecule has 3 aromatic carbocycles. The highest BCUT2D eigenvalue weighted by Gasteiger charge is 2.16. The van der Waals surface area contributed by atoms with Gasteiger partial charge in [-0.3, -0.25) is 4.79 Å². The van der Waals surface area contributed by atoms with E-state index in [0.717, 1.165) is 0 Å². The number of benzene rings is 3. The Morgan fingerprint density at radius 3 is 2.45 bits per heavy atom. The lowest BCUT2D eigenvalue weighted by Gasteiger charge is -2.09. The Morgan fingerprint density at radius 2 is 1.73 bits per heavy atom. The number of ether oxygens (including phenoxy) is 1. The molecule has 0 aliphatic heterocycles. The summed E-state index contributed by atoms with van der Waals surface area (Å²) in [7, 11) is -3.83. The maximum absolute atomic E-state index is 12.5. The van der Waals surface area contributed by atoms with Gasteiger partial charge in [0, 0.05) is 10.0 Å². The zero-order valence-electron chi connectivity index (χ0n) is 16.9. The van der Waals surface area contributed by atoms with Gasteiger partial charge in [0.25, 0.3) is 5.91 Å². The number of carbonyl (C=O) groups excluding carboxylic acids is 2. The summed E-state index contributed by atoms with van der Waals surface area (Å²) in [5.41, 5.74) is 2.80. The van der Waals surface area contributed by atoms with Crippen molar-refractivity contribution in [1.29, 1.82) is 0 Å². The highest BCUT2D eigenvalue weighted by molar-refractivity contribution is 9.10. The first-order valence-electron chi connectivity index (χ1n) is 9.39. The number of hydrogen-bond acceptors (Lipinski definition) is 6. The normalized spacial score (nSPS) is 11.3. The van der Waals surface area contributed by atoms with E-state index in [-0.39, 0.29) is 21.2 Å². The predicted molar refractivity (Wildman–Crippen MR) is 128 cm³/mol. The third-order valence-corrected chi connectivity index (χ3v) is 6.38. The van der Waals surface area contributed by atoms with Crippen molar-refractivity contribution in [2.75, 3.05) is 6.54 Å². The molecule has 3 rings (SSSR count). The van der Waals surface area contributed by atoms with Crippen LogP contribution in [0.3, 0.4) is 0 Å². The molecule has 11 heteroatoms. The summed E-state index contributed by atoms with van der Waals surface area (Å²) >= 11 is 9.36. The number of hydrazone groups is 1. The fraction of sp³-hybridized carbons (Fsp3) is 0.0455. The topological polar surface area (TPSA) is 114 Å². The zero-order chi connectivity index (χ0) is 23.8. The lowest BCUT2D eigenvalue weighted by molar-refractivity contribution is -0.119. The third kappa shape index (κ3) is 6.96. The smallest absolute Gasteiger partial charge is 0.345 e. The average Bonchev–Trinajstić information content (AvgIpc) is 2.80. The number of sulfonamides is 1. The zero-order valence-corrected chi connectivity index (χ0v) is 20.0. The molecule has 3 aromatic rings. The van der Waals surface area contributed by atoms with Gasteiger partial charge in [-0.15, -0.1) is 0 Å². The second-order valence-corrected chi connectivity index (χ2v) is 9.57. The van der Waals surface area contributed by atoms with Crippen LogP contribution in [0.2, 0.25) is 5.02 Å². The Bertz CT molecular complexity index is 1300. The van der Waals surface area contributed by atoms with Gasteiger partial charge in [-0.1, -0.05) is 57.9 Å². The van der Waals surface area contributed by atoms with Crippen molar-refractivity contribution in [3.63, 3.8) is 0 Å². The quantitative estimate of drug-likeness (QED) is 0.192. The number of hydrogen-bond donors (Lipinski definition) is 2. The number of esters is 1. The van der Waals surface area contributed by atoms with Crippen molar-refractivity contribution in [2.24, 2.45) is 5.10 Å². The van der Waals surface area contributed by atoms with Crippen LogP contribution < -0.4 is 14.9 Å². The monoisotopic (exact) mass is 549 g/mol. The number of nitrogens with zero attached hydrogens (tertiary/aromatic N) is 1. The lowest BCUT2D eigenvalue weighted by atomic mass is 10.2. The molecular formula is C22H17BrClN3O5S. The van der Waals surface area contributed by atoms with E-state index in [2.05, 4.69) is 31.2 Å². The Morgan fingerprint density at radius 1 is 1.03 bits per heavy atom. The standard InChI is InChI=1S/C22H17BrClN3O5S/c23-16-10-11-20(32-22(29)18-8-4-5-9-19(18)24)15(12-16)13-25-27-21(28)14-26-33(30,31)17-6-2-1-3-7-17/h1-13,26H,14H2,(H,27,28). The van der Waals surface area contributed by atoms with Gasteiger partial charge in [-0.05, 0) is 42.5 Å². The van der Waals surface area contributed by atoms with Crippen LogP contribution in [0.4, 0.5) is 0 Å². The molecule has 2 N–H and O–H groups in total. The van der Waals surface area contributed by atoms with Crippen molar-refractivity contribution in [1.82, 2.24) is 10.1 Å². The molecule has 0 heterocycles. The second kappa shape index (κ2) is 11.2. The summed E-state index contributed by atoms with van der Waals surface area (Å²) in [5, 5.41) is 4.07. The van der Waals surface area contributed by atoms with Crippen LogP contribution in [0.25, 0.3) is 0 Å². The summed E-state index contributed by atoms with van der Waals surface area (Å²) < 4.78 is 32.6. The van der Waals surface area contributed by atoms with E-state index in [1.807, 2.05) is 0 Å². The Hall–Kier alpha value is -3.05. The van der Waals surface area contributed by atoms with E-state index in [4.69, 9.17) is 16.3 Å². The van der Waals surface area contributed by atoms with Crippen molar-refractivity contribution in [3.05, 3.63) is 93.4 Å². The van der Waals surface area contributed by atoms with Crippen LogP contribution in [0, 0.1) is 0 Å². The van der Waals surface area contributed by atoms with E-state index in [1.54, 1.807) is 54.6 Å². The lowest BCUT2D eigenvalue weighted by Crippen LogP contribution is -2.34. The van der Waals surface area contributed by atoms with Crippen molar-refractivity contribution >= 4 is 55.6 Å². The van der Waals surface area contributed by atoms with Gasteiger partial charge >= 0.3 is 5.97 Å². The molecule has 33 heavy (non-hydrogen) atoms. The van der Waals surface area contributed by atoms with E-state index in [0.29, 0.717) is 10.0 Å². The van der Waals surface area contributed by atoms with Crippen molar-refractivity contribution < 1.29 is 22.7 Å². The molecule has 0 aliphatic rings. The van der Waals surface area contributed by atoms with E-state index in [9.17, 15) is 18.0 Å². The minimum Gasteiger partial charge on any atom is -0.422 e. The van der Waals surface area contributed by atoms with Crippen LogP contribution in [0.5, 0.6) is 5.75 Å². The second-order valence-electron chi connectivity index (χ2n) is 6.48. The molecule has 1 amide bonds. The number of nitrogens with one attached hydrogen (secondary N) is 2. The van der Waals surface area contributed by atoms with Gasteiger partial charge in [-0.25, -0.2) is 23.4 Å².